The molecule has 1 aliphatic carbocycles. The topological polar surface area (TPSA) is 37.3 Å². The number of hydrogen-bond donors (Lipinski definition) is 1. The lowest BCUT2D eigenvalue weighted by atomic mass is 9.71. The molecule has 0 unspecified atom stereocenters. The number of carbonyl (C=O) groups is 1. The monoisotopic (exact) mass is 238 g/mol. The van der Waals surface area contributed by atoms with Gasteiger partial charge in [-0.15, -0.1) is 0 Å². The molecule has 2 nitrogen and oxygen atoms in total. The van der Waals surface area contributed by atoms with E-state index in [-0.39, 0.29) is 0 Å². The van der Waals surface area contributed by atoms with Gasteiger partial charge < -0.3 is 5.11 Å². The molecule has 0 saturated heterocycles. The minimum Gasteiger partial charge on any atom is -0.481 e. The largest absolute Gasteiger partial charge is 0.481 e. The van der Waals surface area contributed by atoms with Crippen molar-refractivity contribution < 1.29 is 9.90 Å². The molecule has 0 amide bonds. The summed E-state index contributed by atoms with van der Waals surface area (Å²) in [6.45, 7) is 0. The van der Waals surface area contributed by atoms with Gasteiger partial charge in [-0.1, -0.05) is 19.3 Å². The van der Waals surface area contributed by atoms with Crippen LogP contribution in [0.15, 0.2) is 16.8 Å². The Balaban J connectivity index is 2.00. The Kier molecular flexibility index (Phi) is 3.64. The molecule has 1 aliphatic rings. The summed E-state index contributed by atoms with van der Waals surface area (Å²) in [4.78, 5) is 11.4. The third kappa shape index (κ3) is 2.46. The normalized spacial score (nSPS) is 19.5. The van der Waals surface area contributed by atoms with E-state index < -0.39 is 11.4 Å². The number of carboxylic acids is 1. The smallest absolute Gasteiger partial charge is 0.309 e. The molecule has 16 heavy (non-hydrogen) atoms. The minimum absolute atomic E-state index is 0.430. The zero-order valence-electron chi connectivity index (χ0n) is 9.45. The molecule has 0 aliphatic heterocycles. The van der Waals surface area contributed by atoms with E-state index in [2.05, 4.69) is 16.8 Å². The van der Waals surface area contributed by atoms with Crippen molar-refractivity contribution in [2.75, 3.05) is 0 Å². The quantitative estimate of drug-likeness (QED) is 0.868. The SMILES string of the molecule is O=C(O)C1(CCc2ccsc2)CCCCC1. The maximum atomic E-state index is 11.4. The van der Waals surface area contributed by atoms with Gasteiger partial charge >= 0.3 is 5.97 Å². The van der Waals surface area contributed by atoms with Gasteiger partial charge in [-0.3, -0.25) is 4.79 Å². The lowest BCUT2D eigenvalue weighted by Gasteiger charge is -2.33. The molecule has 1 N–H and O–H groups in total. The van der Waals surface area contributed by atoms with Crippen LogP contribution < -0.4 is 0 Å². The van der Waals surface area contributed by atoms with Gasteiger partial charge in [0.05, 0.1) is 5.41 Å². The van der Waals surface area contributed by atoms with Crippen LogP contribution >= 0.6 is 11.3 Å². The van der Waals surface area contributed by atoms with Gasteiger partial charge in [0.15, 0.2) is 0 Å². The number of thiophene rings is 1. The van der Waals surface area contributed by atoms with Crippen LogP contribution in [0, 0.1) is 5.41 Å². The number of rotatable bonds is 4. The second kappa shape index (κ2) is 5.00. The van der Waals surface area contributed by atoms with E-state index in [1.165, 1.54) is 12.0 Å². The zero-order chi connectivity index (χ0) is 11.4. The summed E-state index contributed by atoms with van der Waals surface area (Å²) in [5.41, 5.74) is 0.858. The van der Waals surface area contributed by atoms with Crippen molar-refractivity contribution in [3.05, 3.63) is 22.4 Å². The average Bonchev–Trinajstić information content (AvgIpc) is 2.80. The van der Waals surface area contributed by atoms with E-state index in [0.717, 1.165) is 38.5 Å². The fourth-order valence-corrected chi connectivity index (χ4v) is 3.32. The van der Waals surface area contributed by atoms with E-state index >= 15 is 0 Å². The van der Waals surface area contributed by atoms with Crippen LogP contribution in [0.25, 0.3) is 0 Å². The van der Waals surface area contributed by atoms with E-state index in [0.29, 0.717) is 0 Å². The summed E-state index contributed by atoms with van der Waals surface area (Å²) < 4.78 is 0. The molecule has 1 aromatic heterocycles. The fraction of sp³-hybridized carbons (Fsp3) is 0.615. The predicted octanol–water partition coefficient (Wildman–Crippen LogP) is 3.72. The fourth-order valence-electron chi connectivity index (χ4n) is 2.62. The van der Waals surface area contributed by atoms with Crippen molar-refractivity contribution in [1.82, 2.24) is 0 Å². The van der Waals surface area contributed by atoms with Crippen LogP contribution in [-0.4, -0.2) is 11.1 Å². The van der Waals surface area contributed by atoms with Crippen molar-refractivity contribution in [3.8, 4) is 0 Å². The molecule has 1 aromatic rings. The highest BCUT2D eigenvalue weighted by Crippen LogP contribution is 2.40. The lowest BCUT2D eigenvalue weighted by molar-refractivity contribution is -0.151. The van der Waals surface area contributed by atoms with E-state index in [1.807, 2.05) is 0 Å². The van der Waals surface area contributed by atoms with E-state index in [9.17, 15) is 9.90 Å². The Morgan fingerprint density at radius 2 is 2.12 bits per heavy atom. The second-order valence-electron chi connectivity index (χ2n) is 4.78. The van der Waals surface area contributed by atoms with Gasteiger partial charge in [0, 0.05) is 0 Å². The molecular formula is C13H18O2S. The molecule has 88 valence electrons. The van der Waals surface area contributed by atoms with Crippen LogP contribution in [0.3, 0.4) is 0 Å². The van der Waals surface area contributed by atoms with Crippen molar-refractivity contribution in [3.63, 3.8) is 0 Å². The first-order valence-corrected chi connectivity index (χ1v) is 6.92. The molecule has 1 saturated carbocycles. The predicted molar refractivity (Wildman–Crippen MR) is 65.8 cm³/mol. The molecule has 0 aromatic carbocycles. The lowest BCUT2D eigenvalue weighted by Crippen LogP contribution is -2.33. The summed E-state index contributed by atoms with van der Waals surface area (Å²) in [7, 11) is 0. The van der Waals surface area contributed by atoms with Crippen molar-refractivity contribution in [2.45, 2.75) is 44.9 Å². The van der Waals surface area contributed by atoms with Gasteiger partial charge in [-0.05, 0) is 48.1 Å². The molecular weight excluding hydrogens is 220 g/mol. The molecule has 2 rings (SSSR count). The number of aliphatic carboxylic acids is 1. The van der Waals surface area contributed by atoms with E-state index in [1.54, 1.807) is 11.3 Å². The Morgan fingerprint density at radius 1 is 1.38 bits per heavy atom. The van der Waals surface area contributed by atoms with Crippen LogP contribution in [-0.2, 0) is 11.2 Å². The van der Waals surface area contributed by atoms with Crippen molar-refractivity contribution in [2.24, 2.45) is 5.41 Å². The Morgan fingerprint density at radius 3 is 2.69 bits per heavy atom. The number of aryl methyl sites for hydroxylation is 1. The summed E-state index contributed by atoms with van der Waals surface area (Å²) in [6, 6.07) is 2.10. The minimum atomic E-state index is -0.581. The van der Waals surface area contributed by atoms with Gasteiger partial charge in [0.25, 0.3) is 0 Å². The van der Waals surface area contributed by atoms with Crippen molar-refractivity contribution >= 4 is 17.3 Å². The molecule has 1 fully saturated rings. The summed E-state index contributed by atoms with van der Waals surface area (Å²) in [5, 5.41) is 13.6. The van der Waals surface area contributed by atoms with Gasteiger partial charge in [-0.25, -0.2) is 0 Å². The van der Waals surface area contributed by atoms with Gasteiger partial charge in [0.2, 0.25) is 0 Å². The highest BCUT2D eigenvalue weighted by Gasteiger charge is 2.38. The highest BCUT2D eigenvalue weighted by atomic mass is 32.1. The first-order chi connectivity index (χ1) is 7.73. The van der Waals surface area contributed by atoms with Gasteiger partial charge in [0.1, 0.15) is 0 Å². The first kappa shape index (κ1) is 11.6. The van der Waals surface area contributed by atoms with Crippen LogP contribution in [0.2, 0.25) is 0 Å². The highest BCUT2D eigenvalue weighted by molar-refractivity contribution is 7.07. The first-order valence-electron chi connectivity index (χ1n) is 5.97. The third-order valence-electron chi connectivity index (χ3n) is 3.74. The molecule has 0 bridgehead atoms. The Hall–Kier alpha value is -0.830. The van der Waals surface area contributed by atoms with Crippen LogP contribution in [0.5, 0.6) is 0 Å². The third-order valence-corrected chi connectivity index (χ3v) is 4.47. The average molecular weight is 238 g/mol. The molecule has 0 radical (unpaired) electrons. The zero-order valence-corrected chi connectivity index (χ0v) is 10.3. The van der Waals surface area contributed by atoms with Crippen LogP contribution in [0.4, 0.5) is 0 Å². The van der Waals surface area contributed by atoms with Crippen molar-refractivity contribution in [1.29, 1.82) is 0 Å². The van der Waals surface area contributed by atoms with E-state index in [4.69, 9.17) is 0 Å². The molecule has 0 atom stereocenters. The van der Waals surface area contributed by atoms with Crippen LogP contribution in [0.1, 0.15) is 44.1 Å². The maximum absolute atomic E-state index is 11.4. The molecule has 1 heterocycles. The second-order valence-corrected chi connectivity index (χ2v) is 5.56. The standard InChI is InChI=1S/C13H18O2S/c14-12(15)13(6-2-1-3-7-13)8-4-11-5-9-16-10-11/h5,9-10H,1-4,6-8H2,(H,14,15). The Bertz CT molecular complexity index is 337. The maximum Gasteiger partial charge on any atom is 0.309 e. The number of hydrogen-bond acceptors (Lipinski definition) is 2. The molecule has 3 heteroatoms. The summed E-state index contributed by atoms with van der Waals surface area (Å²) in [5.74, 6) is -0.581. The summed E-state index contributed by atoms with van der Waals surface area (Å²) >= 11 is 1.69. The van der Waals surface area contributed by atoms with Gasteiger partial charge in [-0.2, -0.15) is 11.3 Å². The Labute approximate surface area is 100 Å². The summed E-state index contributed by atoms with van der Waals surface area (Å²) in [6.07, 6.45) is 6.81. The molecule has 0 spiro atoms. The number of carboxylic acid groups (broad SMARTS) is 1.